The summed E-state index contributed by atoms with van der Waals surface area (Å²) in [4.78, 5) is 12.3. The molecule has 4 rings (SSSR count). The van der Waals surface area contributed by atoms with Crippen molar-refractivity contribution in [2.75, 3.05) is 6.61 Å². The van der Waals surface area contributed by atoms with Crippen molar-refractivity contribution in [3.8, 4) is 17.2 Å². The molecule has 0 aliphatic rings. The Labute approximate surface area is 198 Å². The minimum Gasteiger partial charge on any atom is -0.494 e. The third-order valence-electron chi connectivity index (χ3n) is 5.18. The Balaban J connectivity index is 1.30. The van der Waals surface area contributed by atoms with Gasteiger partial charge in [0.2, 0.25) is 0 Å². The lowest BCUT2D eigenvalue weighted by Crippen LogP contribution is -2.16. The highest BCUT2D eigenvalue weighted by molar-refractivity contribution is 5.92. The summed E-state index contributed by atoms with van der Waals surface area (Å²) in [6.45, 7) is 6.87. The van der Waals surface area contributed by atoms with E-state index < -0.39 is 5.91 Å². The first-order valence-corrected chi connectivity index (χ1v) is 11.1. The van der Waals surface area contributed by atoms with Crippen molar-refractivity contribution in [2.45, 2.75) is 27.4 Å². The van der Waals surface area contributed by atoms with E-state index in [1.165, 1.54) is 11.4 Å². The quantitative estimate of drug-likeness (QED) is 0.269. The molecule has 2 aromatic heterocycles. The lowest BCUT2D eigenvalue weighted by atomic mass is 10.2. The molecule has 1 amide bonds. The summed E-state index contributed by atoms with van der Waals surface area (Å²) >= 11 is 0. The fourth-order valence-electron chi connectivity index (χ4n) is 3.57. The largest absolute Gasteiger partial charge is 0.494 e. The van der Waals surface area contributed by atoms with Gasteiger partial charge in [0.05, 0.1) is 12.8 Å². The number of rotatable bonds is 9. The molecule has 0 fully saturated rings. The second kappa shape index (κ2) is 10.6. The molecule has 0 aliphatic carbocycles. The van der Waals surface area contributed by atoms with Crippen LogP contribution in [0.3, 0.4) is 0 Å². The van der Waals surface area contributed by atoms with Crippen molar-refractivity contribution in [3.63, 3.8) is 0 Å². The van der Waals surface area contributed by atoms with Gasteiger partial charge in [-0.3, -0.25) is 4.79 Å². The third kappa shape index (κ3) is 5.56. The van der Waals surface area contributed by atoms with Crippen LogP contribution in [0, 0.1) is 13.8 Å². The molecule has 0 saturated carbocycles. The molecule has 0 aliphatic heterocycles. The van der Waals surface area contributed by atoms with E-state index in [9.17, 15) is 4.79 Å². The summed E-state index contributed by atoms with van der Waals surface area (Å²) in [5.74, 6) is 1.73. The summed E-state index contributed by atoms with van der Waals surface area (Å²) in [5, 5.41) is 3.99. The molecule has 0 spiro atoms. The Morgan fingerprint density at radius 2 is 1.74 bits per heavy atom. The zero-order valence-corrected chi connectivity index (χ0v) is 19.4. The number of carbonyl (C=O) groups excluding carboxylic acids is 1. The summed E-state index contributed by atoms with van der Waals surface area (Å²) in [6, 6.07) is 22.8. The standard InChI is InChI=1S/C27H27N3O4/c1-4-32-24-7-5-6-21(16-24)17-28-29-27(31)26-15-14-25(34-26)18-33-23-12-10-22(11-13-23)30-19(2)8-9-20(30)3/h5-17H,4,18H2,1-3H3,(H,29,31)/b28-17+. The van der Waals surface area contributed by atoms with Gasteiger partial charge >= 0.3 is 5.91 Å². The predicted octanol–water partition coefficient (Wildman–Crippen LogP) is 5.43. The summed E-state index contributed by atoms with van der Waals surface area (Å²) in [6.07, 6.45) is 1.55. The van der Waals surface area contributed by atoms with Crippen LogP contribution in [0.15, 0.2) is 82.3 Å². The Bertz CT molecular complexity index is 1270. The van der Waals surface area contributed by atoms with Crippen LogP contribution in [0.4, 0.5) is 0 Å². The molecule has 4 aromatic rings. The second-order valence-electron chi connectivity index (χ2n) is 7.70. The second-order valence-corrected chi connectivity index (χ2v) is 7.70. The predicted molar refractivity (Wildman–Crippen MR) is 131 cm³/mol. The number of hydrogen-bond acceptors (Lipinski definition) is 5. The fourth-order valence-corrected chi connectivity index (χ4v) is 3.57. The molecule has 7 heteroatoms. The van der Waals surface area contributed by atoms with Crippen LogP contribution in [0.5, 0.6) is 11.5 Å². The van der Waals surface area contributed by atoms with Crippen molar-refractivity contribution in [1.82, 2.24) is 9.99 Å². The number of nitrogens with zero attached hydrogens (tertiary/aromatic N) is 2. The zero-order chi connectivity index (χ0) is 23.9. The van der Waals surface area contributed by atoms with Crippen LogP contribution >= 0.6 is 0 Å². The number of furan rings is 1. The Kier molecular flexibility index (Phi) is 7.13. The van der Waals surface area contributed by atoms with Crippen molar-refractivity contribution in [2.24, 2.45) is 5.10 Å². The van der Waals surface area contributed by atoms with Gasteiger partial charge in [-0.05, 0) is 87.0 Å². The lowest BCUT2D eigenvalue weighted by molar-refractivity contribution is 0.0923. The molecule has 1 N–H and O–H groups in total. The van der Waals surface area contributed by atoms with Gasteiger partial charge in [0.15, 0.2) is 5.76 Å². The van der Waals surface area contributed by atoms with Gasteiger partial charge in [0.1, 0.15) is 23.9 Å². The molecule has 0 unspecified atom stereocenters. The summed E-state index contributed by atoms with van der Waals surface area (Å²) in [7, 11) is 0. The van der Waals surface area contributed by atoms with Crippen molar-refractivity contribution in [1.29, 1.82) is 0 Å². The van der Waals surface area contributed by atoms with Crippen LogP contribution in [0.25, 0.3) is 5.69 Å². The average Bonchev–Trinajstić information content (AvgIpc) is 3.45. The van der Waals surface area contributed by atoms with E-state index in [1.807, 2.05) is 55.5 Å². The summed E-state index contributed by atoms with van der Waals surface area (Å²) < 4.78 is 19.0. The summed E-state index contributed by atoms with van der Waals surface area (Å²) in [5.41, 5.74) is 6.71. The average molecular weight is 458 g/mol. The monoisotopic (exact) mass is 457 g/mol. The van der Waals surface area contributed by atoms with E-state index in [1.54, 1.807) is 18.3 Å². The van der Waals surface area contributed by atoms with Gasteiger partial charge in [-0.2, -0.15) is 5.10 Å². The van der Waals surface area contributed by atoms with Crippen molar-refractivity contribution < 1.29 is 18.7 Å². The smallest absolute Gasteiger partial charge is 0.307 e. The normalized spacial score (nSPS) is 11.0. The number of ether oxygens (including phenoxy) is 2. The molecule has 34 heavy (non-hydrogen) atoms. The molecule has 0 saturated heterocycles. The lowest BCUT2D eigenvalue weighted by Gasteiger charge is -2.10. The highest BCUT2D eigenvalue weighted by Gasteiger charge is 2.11. The van der Waals surface area contributed by atoms with E-state index >= 15 is 0 Å². The number of hydrazone groups is 1. The first kappa shape index (κ1) is 22.9. The molecule has 7 nitrogen and oxygen atoms in total. The van der Waals surface area contributed by atoms with Crippen molar-refractivity contribution >= 4 is 12.1 Å². The molecule has 2 heterocycles. The highest BCUT2D eigenvalue weighted by atomic mass is 16.5. The minimum atomic E-state index is -0.440. The van der Waals surface area contributed by atoms with Gasteiger partial charge in [-0.15, -0.1) is 0 Å². The first-order valence-electron chi connectivity index (χ1n) is 11.1. The number of carbonyl (C=O) groups is 1. The molecule has 0 radical (unpaired) electrons. The highest BCUT2D eigenvalue weighted by Crippen LogP contribution is 2.21. The van der Waals surface area contributed by atoms with E-state index in [0.717, 1.165) is 17.0 Å². The topological polar surface area (TPSA) is 78.0 Å². The Hall–Kier alpha value is -4.26. The van der Waals surface area contributed by atoms with Crippen molar-refractivity contribution in [3.05, 3.63) is 101 Å². The maximum absolute atomic E-state index is 12.3. The minimum absolute atomic E-state index is 0.160. The molecular formula is C27H27N3O4. The molecular weight excluding hydrogens is 430 g/mol. The number of nitrogens with one attached hydrogen (secondary N) is 1. The number of hydrogen-bond donors (Lipinski definition) is 1. The van der Waals surface area contributed by atoms with E-state index in [2.05, 4.69) is 41.1 Å². The van der Waals surface area contributed by atoms with Crippen LogP contribution in [-0.4, -0.2) is 23.3 Å². The number of aryl methyl sites for hydroxylation is 2. The molecule has 174 valence electrons. The maximum Gasteiger partial charge on any atom is 0.307 e. The third-order valence-corrected chi connectivity index (χ3v) is 5.18. The zero-order valence-electron chi connectivity index (χ0n) is 19.4. The van der Waals surface area contributed by atoms with Gasteiger partial charge in [-0.1, -0.05) is 12.1 Å². The number of benzene rings is 2. The van der Waals surface area contributed by atoms with E-state index in [0.29, 0.717) is 18.1 Å². The Morgan fingerprint density at radius 1 is 0.971 bits per heavy atom. The SMILES string of the molecule is CCOc1cccc(/C=N/NC(=O)c2ccc(COc3ccc(-n4c(C)ccc4C)cc3)o2)c1. The van der Waals surface area contributed by atoms with Gasteiger partial charge in [-0.25, -0.2) is 5.43 Å². The van der Waals surface area contributed by atoms with E-state index in [-0.39, 0.29) is 12.4 Å². The maximum atomic E-state index is 12.3. The van der Waals surface area contributed by atoms with Crippen LogP contribution < -0.4 is 14.9 Å². The van der Waals surface area contributed by atoms with Gasteiger partial charge in [0.25, 0.3) is 0 Å². The Morgan fingerprint density at radius 3 is 2.47 bits per heavy atom. The molecule has 0 bridgehead atoms. The van der Waals surface area contributed by atoms with Gasteiger partial charge in [0, 0.05) is 17.1 Å². The van der Waals surface area contributed by atoms with Crippen LogP contribution in [0.2, 0.25) is 0 Å². The van der Waals surface area contributed by atoms with Gasteiger partial charge < -0.3 is 18.5 Å². The number of aromatic nitrogens is 1. The van der Waals surface area contributed by atoms with Crippen LogP contribution in [-0.2, 0) is 6.61 Å². The molecule has 0 atom stereocenters. The fraction of sp³-hybridized carbons (Fsp3) is 0.185. The first-order chi connectivity index (χ1) is 16.5. The van der Waals surface area contributed by atoms with Crippen LogP contribution in [0.1, 0.15) is 40.2 Å². The number of amides is 1. The van der Waals surface area contributed by atoms with E-state index in [4.69, 9.17) is 13.9 Å². The molecule has 2 aromatic carbocycles.